The predicted molar refractivity (Wildman–Crippen MR) is 94.4 cm³/mol. The second-order valence-corrected chi connectivity index (χ2v) is 6.28. The molecule has 1 saturated heterocycles. The molecule has 1 aromatic rings. The van der Waals surface area contributed by atoms with Crippen molar-refractivity contribution < 1.29 is 19.1 Å². The third-order valence-electron chi connectivity index (χ3n) is 4.77. The molecule has 2 atom stereocenters. The Morgan fingerprint density at radius 2 is 1.80 bits per heavy atom. The summed E-state index contributed by atoms with van der Waals surface area (Å²) in [5, 5.41) is 2.93. The maximum atomic E-state index is 12.9. The molecule has 3 rings (SSSR count). The van der Waals surface area contributed by atoms with Crippen LogP contribution in [0.2, 0.25) is 0 Å². The fraction of sp³-hybridized carbons (Fsp3) is 0.474. The van der Waals surface area contributed by atoms with E-state index in [4.69, 9.17) is 9.47 Å². The van der Waals surface area contributed by atoms with Crippen LogP contribution in [-0.2, 0) is 14.3 Å². The van der Waals surface area contributed by atoms with E-state index in [1.54, 1.807) is 19.2 Å². The molecule has 0 bridgehead atoms. The first-order valence-electron chi connectivity index (χ1n) is 8.66. The molecule has 134 valence electrons. The van der Waals surface area contributed by atoms with Gasteiger partial charge in [-0.05, 0) is 25.0 Å². The normalized spacial score (nSPS) is 23.2. The number of hydrogen-bond donors (Lipinski definition) is 1. The zero-order valence-electron chi connectivity index (χ0n) is 14.4. The number of nitrogens with zero attached hydrogens (tertiary/aromatic N) is 1. The van der Waals surface area contributed by atoms with Crippen LogP contribution in [-0.4, -0.2) is 50.1 Å². The van der Waals surface area contributed by atoms with E-state index < -0.39 is 0 Å². The van der Waals surface area contributed by atoms with E-state index in [2.05, 4.69) is 5.32 Å². The topological polar surface area (TPSA) is 67.9 Å². The summed E-state index contributed by atoms with van der Waals surface area (Å²) in [4.78, 5) is 27.5. The Bertz CT molecular complexity index is 653. The zero-order chi connectivity index (χ0) is 17.6. The van der Waals surface area contributed by atoms with Gasteiger partial charge < -0.3 is 19.7 Å². The van der Waals surface area contributed by atoms with E-state index in [1.165, 1.54) is 0 Å². The van der Waals surface area contributed by atoms with Crippen molar-refractivity contribution in [3.8, 4) is 5.75 Å². The number of hydrogen-bond acceptors (Lipinski definition) is 4. The number of allylic oxidation sites excluding steroid dienone is 2. The highest BCUT2D eigenvalue weighted by Gasteiger charge is 2.37. The Hall–Kier alpha value is -2.34. The third kappa shape index (κ3) is 4.02. The zero-order valence-corrected chi connectivity index (χ0v) is 14.4. The van der Waals surface area contributed by atoms with Gasteiger partial charge in [-0.15, -0.1) is 0 Å². The first kappa shape index (κ1) is 17.5. The van der Waals surface area contributed by atoms with Crippen LogP contribution in [0, 0.1) is 11.8 Å². The van der Waals surface area contributed by atoms with E-state index in [1.807, 2.05) is 29.2 Å². The molecule has 0 saturated carbocycles. The van der Waals surface area contributed by atoms with Crippen molar-refractivity contribution in [2.45, 2.75) is 12.8 Å². The number of ether oxygens (including phenoxy) is 2. The average Bonchev–Trinajstić information content (AvgIpc) is 2.68. The Morgan fingerprint density at radius 1 is 1.12 bits per heavy atom. The highest BCUT2D eigenvalue weighted by molar-refractivity contribution is 5.97. The Kier molecular flexibility index (Phi) is 5.71. The van der Waals surface area contributed by atoms with Gasteiger partial charge in [0.25, 0.3) is 0 Å². The molecule has 2 unspecified atom stereocenters. The van der Waals surface area contributed by atoms with Crippen LogP contribution in [0.1, 0.15) is 12.8 Å². The second kappa shape index (κ2) is 8.16. The van der Waals surface area contributed by atoms with Crippen molar-refractivity contribution in [1.29, 1.82) is 0 Å². The molecule has 0 spiro atoms. The standard InChI is InChI=1S/C19H24N2O4/c1-24-17-9-5-4-8-16(17)20-18(22)14-6-2-3-7-15(14)19(23)21-10-12-25-13-11-21/h2-5,8-9,14-15H,6-7,10-13H2,1H3,(H,20,22). The number of morpholine rings is 1. The van der Waals surface area contributed by atoms with Crippen molar-refractivity contribution >= 4 is 17.5 Å². The lowest BCUT2D eigenvalue weighted by atomic mass is 9.81. The van der Waals surface area contributed by atoms with Gasteiger partial charge in [0.05, 0.1) is 37.8 Å². The molecule has 25 heavy (non-hydrogen) atoms. The summed E-state index contributed by atoms with van der Waals surface area (Å²) in [6.07, 6.45) is 5.15. The summed E-state index contributed by atoms with van der Waals surface area (Å²) in [6.45, 7) is 2.32. The minimum atomic E-state index is -0.370. The number of carbonyl (C=O) groups is 2. The van der Waals surface area contributed by atoms with Gasteiger partial charge in [-0.1, -0.05) is 24.3 Å². The van der Waals surface area contributed by atoms with E-state index in [9.17, 15) is 9.59 Å². The van der Waals surface area contributed by atoms with E-state index in [0.29, 0.717) is 50.6 Å². The number of rotatable bonds is 4. The number of anilines is 1. The van der Waals surface area contributed by atoms with Crippen LogP contribution in [0.4, 0.5) is 5.69 Å². The number of methoxy groups -OCH3 is 1. The Balaban J connectivity index is 1.72. The van der Waals surface area contributed by atoms with Crippen molar-refractivity contribution in [3.63, 3.8) is 0 Å². The van der Waals surface area contributed by atoms with Gasteiger partial charge in [0.2, 0.25) is 11.8 Å². The van der Waals surface area contributed by atoms with Crippen LogP contribution in [0.5, 0.6) is 5.75 Å². The molecule has 1 heterocycles. The molecule has 6 heteroatoms. The van der Waals surface area contributed by atoms with Crippen LogP contribution in [0.25, 0.3) is 0 Å². The fourth-order valence-electron chi connectivity index (χ4n) is 3.37. The maximum absolute atomic E-state index is 12.9. The summed E-state index contributed by atoms with van der Waals surface area (Å²) in [5.74, 6) is -0.172. The first-order valence-corrected chi connectivity index (χ1v) is 8.66. The van der Waals surface area contributed by atoms with E-state index in [-0.39, 0.29) is 23.7 Å². The molecule has 1 aliphatic carbocycles. The van der Waals surface area contributed by atoms with Gasteiger partial charge in [0, 0.05) is 13.1 Å². The number of amides is 2. The van der Waals surface area contributed by atoms with Crippen LogP contribution < -0.4 is 10.1 Å². The SMILES string of the molecule is COc1ccccc1NC(=O)C1CC=CCC1C(=O)N1CCOCC1. The molecule has 0 radical (unpaired) electrons. The lowest BCUT2D eigenvalue weighted by Crippen LogP contribution is -2.47. The van der Waals surface area contributed by atoms with Crippen LogP contribution in [0.15, 0.2) is 36.4 Å². The van der Waals surface area contributed by atoms with Gasteiger partial charge in [-0.3, -0.25) is 9.59 Å². The smallest absolute Gasteiger partial charge is 0.228 e. The molecule has 2 amide bonds. The number of nitrogens with one attached hydrogen (secondary N) is 1. The highest BCUT2D eigenvalue weighted by Crippen LogP contribution is 2.31. The minimum Gasteiger partial charge on any atom is -0.495 e. The maximum Gasteiger partial charge on any atom is 0.228 e. The summed E-state index contributed by atoms with van der Waals surface area (Å²) in [7, 11) is 1.57. The number of benzene rings is 1. The van der Waals surface area contributed by atoms with Crippen molar-refractivity contribution in [3.05, 3.63) is 36.4 Å². The van der Waals surface area contributed by atoms with E-state index in [0.717, 1.165) is 0 Å². The van der Waals surface area contributed by atoms with Gasteiger partial charge in [0.1, 0.15) is 5.75 Å². The molecule has 1 aliphatic heterocycles. The fourth-order valence-corrected chi connectivity index (χ4v) is 3.37. The molecule has 2 aliphatic rings. The molecular weight excluding hydrogens is 320 g/mol. The van der Waals surface area contributed by atoms with Crippen LogP contribution >= 0.6 is 0 Å². The van der Waals surface area contributed by atoms with Crippen molar-refractivity contribution in [2.75, 3.05) is 38.7 Å². The summed E-state index contributed by atoms with van der Waals surface area (Å²) in [5.41, 5.74) is 0.627. The monoisotopic (exact) mass is 344 g/mol. The molecular formula is C19H24N2O4. The lowest BCUT2D eigenvalue weighted by Gasteiger charge is -2.34. The quantitative estimate of drug-likeness (QED) is 0.849. The summed E-state index contributed by atoms with van der Waals surface area (Å²) < 4.78 is 10.6. The van der Waals surface area contributed by atoms with Crippen LogP contribution in [0.3, 0.4) is 0 Å². The van der Waals surface area contributed by atoms with Crippen molar-refractivity contribution in [2.24, 2.45) is 11.8 Å². The predicted octanol–water partition coefficient (Wildman–Crippen LogP) is 2.07. The van der Waals surface area contributed by atoms with Gasteiger partial charge >= 0.3 is 0 Å². The molecule has 1 fully saturated rings. The molecule has 1 aromatic carbocycles. The van der Waals surface area contributed by atoms with E-state index >= 15 is 0 Å². The van der Waals surface area contributed by atoms with Gasteiger partial charge in [-0.2, -0.15) is 0 Å². The lowest BCUT2D eigenvalue weighted by molar-refractivity contribution is -0.144. The number of carbonyl (C=O) groups excluding carboxylic acids is 2. The molecule has 1 N–H and O–H groups in total. The third-order valence-corrected chi connectivity index (χ3v) is 4.77. The number of para-hydroxylation sites is 2. The Labute approximate surface area is 147 Å². The Morgan fingerprint density at radius 3 is 2.52 bits per heavy atom. The van der Waals surface area contributed by atoms with Crippen molar-refractivity contribution in [1.82, 2.24) is 4.90 Å². The first-order chi connectivity index (χ1) is 12.2. The molecule has 6 nitrogen and oxygen atoms in total. The largest absolute Gasteiger partial charge is 0.495 e. The molecule has 0 aromatic heterocycles. The average molecular weight is 344 g/mol. The second-order valence-electron chi connectivity index (χ2n) is 6.28. The minimum absolute atomic E-state index is 0.0489. The van der Waals surface area contributed by atoms with Gasteiger partial charge in [-0.25, -0.2) is 0 Å². The van der Waals surface area contributed by atoms with Gasteiger partial charge in [0.15, 0.2) is 0 Å². The highest BCUT2D eigenvalue weighted by atomic mass is 16.5. The summed E-state index contributed by atoms with van der Waals surface area (Å²) >= 11 is 0. The summed E-state index contributed by atoms with van der Waals surface area (Å²) in [6, 6.07) is 7.29.